The molecule has 2 nitrogen and oxygen atoms in total. The van der Waals surface area contributed by atoms with E-state index in [1.807, 2.05) is 0 Å². The number of rotatable bonds is 2. The average molecular weight is 168 g/mol. The van der Waals surface area contributed by atoms with Crippen molar-refractivity contribution in [2.75, 3.05) is 0 Å². The molecule has 1 aliphatic heterocycles. The van der Waals surface area contributed by atoms with E-state index < -0.39 is 0 Å². The molecule has 0 N–H and O–H groups in total. The first kappa shape index (κ1) is 9.69. The van der Waals surface area contributed by atoms with Gasteiger partial charge in [0.15, 0.2) is 0 Å². The van der Waals surface area contributed by atoms with Crippen LogP contribution in [0.4, 0.5) is 0 Å². The molecule has 0 aromatic heterocycles. The molecular weight excluding hydrogens is 148 g/mol. The molecule has 0 aliphatic carbocycles. The van der Waals surface area contributed by atoms with Crippen molar-refractivity contribution in [3.8, 4) is 0 Å². The molecule has 0 aromatic rings. The van der Waals surface area contributed by atoms with Gasteiger partial charge >= 0.3 is 0 Å². The topological polar surface area (TPSA) is 24.7 Å². The van der Waals surface area contributed by atoms with Gasteiger partial charge in [-0.3, -0.25) is 0 Å². The van der Waals surface area contributed by atoms with Crippen molar-refractivity contribution in [1.82, 2.24) is 0 Å². The highest BCUT2D eigenvalue weighted by Crippen LogP contribution is 2.42. The van der Waals surface area contributed by atoms with Crippen LogP contribution in [0.5, 0.6) is 0 Å². The molecule has 0 amide bonds. The molecule has 1 heterocycles. The Morgan fingerprint density at radius 1 is 1.00 bits per heavy atom. The Morgan fingerprint density at radius 3 is 1.75 bits per heavy atom. The zero-order chi connectivity index (χ0) is 9.41. The van der Waals surface area contributed by atoms with Gasteiger partial charge in [0.1, 0.15) is 0 Å². The molecule has 1 rings (SSSR count). The van der Waals surface area contributed by atoms with Crippen LogP contribution in [-0.2, 0) is 0 Å². The highest BCUT2D eigenvalue weighted by atomic mass is 15.2. The largest absolute Gasteiger partial charge is 0.187 e. The van der Waals surface area contributed by atoms with E-state index in [2.05, 4.69) is 44.8 Å². The van der Waals surface area contributed by atoms with Gasteiger partial charge in [-0.05, 0) is 34.1 Å². The Balaban J connectivity index is 2.80. The lowest BCUT2D eigenvalue weighted by atomic mass is 9.74. The fourth-order valence-corrected chi connectivity index (χ4v) is 2.26. The summed E-state index contributed by atoms with van der Waals surface area (Å²) in [6, 6.07) is 0. The smallest absolute Gasteiger partial charge is 0.0811 e. The molecule has 1 aliphatic rings. The lowest BCUT2D eigenvalue weighted by molar-refractivity contribution is 0.249. The summed E-state index contributed by atoms with van der Waals surface area (Å²) in [7, 11) is 0. The second kappa shape index (κ2) is 2.82. The molecule has 2 heteroatoms. The molecular formula is C10H20N2. The van der Waals surface area contributed by atoms with Gasteiger partial charge in [0, 0.05) is 5.92 Å². The van der Waals surface area contributed by atoms with Crippen LogP contribution < -0.4 is 0 Å². The molecule has 0 bridgehead atoms. The summed E-state index contributed by atoms with van der Waals surface area (Å²) in [6.45, 7) is 11.0. The van der Waals surface area contributed by atoms with E-state index in [1.165, 1.54) is 12.8 Å². The van der Waals surface area contributed by atoms with Crippen LogP contribution in [0.25, 0.3) is 0 Å². The van der Waals surface area contributed by atoms with Gasteiger partial charge in [-0.2, -0.15) is 10.2 Å². The van der Waals surface area contributed by atoms with Gasteiger partial charge in [0.2, 0.25) is 0 Å². The quantitative estimate of drug-likeness (QED) is 0.603. The zero-order valence-corrected chi connectivity index (χ0v) is 8.89. The third kappa shape index (κ3) is 1.52. The van der Waals surface area contributed by atoms with Gasteiger partial charge in [0.25, 0.3) is 0 Å². The summed E-state index contributed by atoms with van der Waals surface area (Å²) in [5, 5.41) is 8.69. The zero-order valence-electron chi connectivity index (χ0n) is 8.89. The molecule has 0 spiro atoms. The van der Waals surface area contributed by atoms with E-state index in [0.29, 0.717) is 5.92 Å². The minimum atomic E-state index is 0.0551. The van der Waals surface area contributed by atoms with Crippen LogP contribution in [0, 0.1) is 5.92 Å². The maximum Gasteiger partial charge on any atom is 0.0811 e. The Kier molecular flexibility index (Phi) is 2.28. The van der Waals surface area contributed by atoms with Crippen molar-refractivity contribution in [2.45, 2.75) is 58.5 Å². The Bertz CT molecular complexity index is 174. The fraction of sp³-hybridized carbons (Fsp3) is 1.00. The van der Waals surface area contributed by atoms with E-state index in [1.54, 1.807) is 0 Å². The van der Waals surface area contributed by atoms with Gasteiger partial charge in [-0.15, -0.1) is 0 Å². The summed E-state index contributed by atoms with van der Waals surface area (Å²) in [5.41, 5.74) is 0.110. The van der Waals surface area contributed by atoms with E-state index in [9.17, 15) is 0 Å². The Morgan fingerprint density at radius 2 is 1.42 bits per heavy atom. The number of hydrogen-bond acceptors (Lipinski definition) is 2. The van der Waals surface area contributed by atoms with Crippen molar-refractivity contribution < 1.29 is 0 Å². The maximum absolute atomic E-state index is 4.35. The summed E-state index contributed by atoms with van der Waals surface area (Å²) in [6.07, 6.45) is 2.45. The third-order valence-corrected chi connectivity index (χ3v) is 2.85. The minimum Gasteiger partial charge on any atom is -0.187 e. The van der Waals surface area contributed by atoms with Crippen LogP contribution in [-0.4, -0.2) is 11.1 Å². The van der Waals surface area contributed by atoms with Gasteiger partial charge in [-0.1, -0.05) is 13.3 Å². The van der Waals surface area contributed by atoms with Crippen LogP contribution in [0.3, 0.4) is 0 Å². The first-order valence-corrected chi connectivity index (χ1v) is 4.84. The summed E-state index contributed by atoms with van der Waals surface area (Å²) >= 11 is 0. The normalized spacial score (nSPS) is 26.4. The first-order chi connectivity index (χ1) is 5.40. The van der Waals surface area contributed by atoms with Crippen LogP contribution >= 0.6 is 0 Å². The summed E-state index contributed by atoms with van der Waals surface area (Å²) in [5.74, 6) is 0.606. The second-order valence-corrected chi connectivity index (χ2v) is 4.85. The average Bonchev–Trinajstić information content (AvgIpc) is 2.13. The summed E-state index contributed by atoms with van der Waals surface area (Å²) < 4.78 is 0. The fourth-order valence-electron chi connectivity index (χ4n) is 2.26. The summed E-state index contributed by atoms with van der Waals surface area (Å²) in [4.78, 5) is 0. The molecule has 12 heavy (non-hydrogen) atoms. The third-order valence-electron chi connectivity index (χ3n) is 2.85. The molecule has 0 aromatic carbocycles. The predicted octanol–water partition coefficient (Wildman–Crippen LogP) is 3.43. The van der Waals surface area contributed by atoms with Gasteiger partial charge < -0.3 is 0 Å². The number of nitrogens with zero attached hydrogens (tertiary/aromatic N) is 2. The molecule has 0 radical (unpaired) electrons. The van der Waals surface area contributed by atoms with Crippen LogP contribution in [0.15, 0.2) is 10.2 Å². The predicted molar refractivity (Wildman–Crippen MR) is 51.4 cm³/mol. The van der Waals surface area contributed by atoms with E-state index >= 15 is 0 Å². The number of hydrogen-bond donors (Lipinski definition) is 0. The lowest BCUT2D eigenvalue weighted by Gasteiger charge is -2.31. The van der Waals surface area contributed by atoms with Crippen LogP contribution in [0.2, 0.25) is 0 Å². The molecule has 0 saturated heterocycles. The van der Waals surface area contributed by atoms with Crippen molar-refractivity contribution in [2.24, 2.45) is 16.1 Å². The highest BCUT2D eigenvalue weighted by Gasteiger charge is 2.45. The molecule has 70 valence electrons. The molecule has 0 unspecified atom stereocenters. The molecule has 0 saturated carbocycles. The molecule has 0 fully saturated rings. The second-order valence-electron chi connectivity index (χ2n) is 4.85. The Labute approximate surface area is 75.5 Å². The van der Waals surface area contributed by atoms with Crippen LogP contribution in [0.1, 0.15) is 47.5 Å². The Hall–Kier alpha value is -0.400. The monoisotopic (exact) mass is 168 g/mol. The lowest BCUT2D eigenvalue weighted by Crippen LogP contribution is -2.37. The van der Waals surface area contributed by atoms with Crippen molar-refractivity contribution >= 4 is 0 Å². The standard InChI is InChI=1S/C10H20N2/c1-6-7-8-9(2,3)11-12-10(8,4)5/h8H,6-7H2,1-5H3. The van der Waals surface area contributed by atoms with E-state index in [-0.39, 0.29) is 11.1 Å². The van der Waals surface area contributed by atoms with Gasteiger partial charge in [-0.25, -0.2) is 0 Å². The van der Waals surface area contributed by atoms with E-state index in [4.69, 9.17) is 0 Å². The number of azo groups is 1. The maximum atomic E-state index is 4.35. The van der Waals surface area contributed by atoms with Crippen molar-refractivity contribution in [1.29, 1.82) is 0 Å². The van der Waals surface area contributed by atoms with Crippen molar-refractivity contribution in [3.63, 3.8) is 0 Å². The minimum absolute atomic E-state index is 0.0551. The first-order valence-electron chi connectivity index (χ1n) is 4.84. The van der Waals surface area contributed by atoms with Crippen molar-refractivity contribution in [3.05, 3.63) is 0 Å². The SMILES string of the molecule is CCCC1C(C)(C)N=NC1(C)C. The van der Waals surface area contributed by atoms with Gasteiger partial charge in [0.05, 0.1) is 11.1 Å². The molecule has 0 atom stereocenters. The highest BCUT2D eigenvalue weighted by molar-refractivity contribution is 5.02. The van der Waals surface area contributed by atoms with E-state index in [0.717, 1.165) is 0 Å².